The highest BCUT2D eigenvalue weighted by Gasteiger charge is 2.21. The van der Waals surface area contributed by atoms with Gasteiger partial charge in [0.05, 0.1) is 22.4 Å². The number of aromatic nitrogens is 3. The van der Waals surface area contributed by atoms with E-state index in [2.05, 4.69) is 266 Å². The number of hydrogen-bond acceptors (Lipinski definition) is 4. The summed E-state index contributed by atoms with van der Waals surface area (Å²) >= 11 is 0. The van der Waals surface area contributed by atoms with Crippen molar-refractivity contribution >= 4 is 55.9 Å². The molecule has 2 aromatic heterocycles. The molecule has 0 N–H and O–H groups in total. The summed E-state index contributed by atoms with van der Waals surface area (Å²) in [6, 6.07) is 82.2. The molecule has 5 heteroatoms. The second kappa shape index (κ2) is 17.2. The Morgan fingerprint density at radius 3 is 1.21 bits per heavy atom. The summed E-state index contributed by atoms with van der Waals surface area (Å²) in [4.78, 5) is 15.0. The van der Waals surface area contributed by atoms with E-state index >= 15 is 0 Å². The third-order valence-corrected chi connectivity index (χ3v) is 12.4. The standard InChI is InChI=1S/C61H47N5/c1-42-24-28-45(29-25-42)57-41-58(63-61(62-57)46-30-26-43(2)27-31-46)54-35-32-51(38-44(54)3)66-59-36-33-52(64(47-16-8-4-9-17-47)48-18-10-5-11-19-48)39-55(59)56-40-53(34-37-60(56)66)65(49-20-12-6-13-21-49)50-22-14-7-15-23-50/h4-41H,1-3H3. The minimum absolute atomic E-state index is 0.709. The molecule has 0 radical (unpaired) electrons. The summed E-state index contributed by atoms with van der Waals surface area (Å²) in [7, 11) is 0. The van der Waals surface area contributed by atoms with Crippen LogP contribution < -0.4 is 9.80 Å². The first-order valence-corrected chi connectivity index (χ1v) is 22.5. The molecule has 0 saturated carbocycles. The largest absolute Gasteiger partial charge is 0.310 e. The molecule has 2 heterocycles. The highest BCUT2D eigenvalue weighted by Crippen LogP contribution is 2.43. The highest BCUT2D eigenvalue weighted by atomic mass is 15.1. The monoisotopic (exact) mass is 849 g/mol. The molecular formula is C61H47N5. The van der Waals surface area contributed by atoms with Gasteiger partial charge in [0.1, 0.15) is 0 Å². The Balaban J connectivity index is 1.10. The van der Waals surface area contributed by atoms with Gasteiger partial charge < -0.3 is 14.4 Å². The average molecular weight is 850 g/mol. The molecule has 0 unspecified atom stereocenters. The van der Waals surface area contributed by atoms with Gasteiger partial charge in [0.25, 0.3) is 0 Å². The van der Waals surface area contributed by atoms with Crippen LogP contribution in [0.15, 0.2) is 231 Å². The minimum atomic E-state index is 0.709. The Morgan fingerprint density at radius 2 is 0.773 bits per heavy atom. The second-order valence-corrected chi connectivity index (χ2v) is 16.9. The molecule has 0 aliphatic carbocycles. The molecule has 0 saturated heterocycles. The summed E-state index contributed by atoms with van der Waals surface area (Å²) < 4.78 is 2.41. The zero-order chi connectivity index (χ0) is 44.6. The number of aryl methyl sites for hydroxylation is 3. The molecule has 0 aliphatic rings. The first-order chi connectivity index (χ1) is 32.4. The fourth-order valence-corrected chi connectivity index (χ4v) is 9.12. The molecule has 0 fully saturated rings. The summed E-state index contributed by atoms with van der Waals surface area (Å²) in [6.45, 7) is 6.41. The van der Waals surface area contributed by atoms with E-state index in [1.54, 1.807) is 0 Å². The fourth-order valence-electron chi connectivity index (χ4n) is 9.12. The lowest BCUT2D eigenvalue weighted by molar-refractivity contribution is 1.16. The van der Waals surface area contributed by atoms with Crippen molar-refractivity contribution in [3.05, 3.63) is 247 Å². The zero-order valence-electron chi connectivity index (χ0n) is 37.2. The number of fused-ring (bicyclic) bond motifs is 3. The number of rotatable bonds is 10. The maximum atomic E-state index is 5.22. The van der Waals surface area contributed by atoms with Crippen molar-refractivity contribution in [2.24, 2.45) is 0 Å². The van der Waals surface area contributed by atoms with Crippen LogP contribution in [0.25, 0.3) is 61.4 Å². The van der Waals surface area contributed by atoms with Crippen LogP contribution in [0, 0.1) is 20.8 Å². The zero-order valence-corrected chi connectivity index (χ0v) is 37.2. The van der Waals surface area contributed by atoms with Crippen LogP contribution in [0.5, 0.6) is 0 Å². The van der Waals surface area contributed by atoms with Crippen LogP contribution in [0.1, 0.15) is 16.7 Å². The molecular weight excluding hydrogens is 803 g/mol. The van der Waals surface area contributed by atoms with Crippen molar-refractivity contribution in [1.29, 1.82) is 0 Å². The number of para-hydroxylation sites is 4. The molecule has 316 valence electrons. The Hall–Kier alpha value is -8.54. The lowest BCUT2D eigenvalue weighted by Crippen LogP contribution is -2.09. The van der Waals surface area contributed by atoms with Gasteiger partial charge in [-0.2, -0.15) is 0 Å². The van der Waals surface area contributed by atoms with Gasteiger partial charge in [-0.05, 0) is 129 Å². The predicted molar refractivity (Wildman–Crippen MR) is 276 cm³/mol. The molecule has 66 heavy (non-hydrogen) atoms. The SMILES string of the molecule is Cc1ccc(-c2cc(-c3ccc(-n4c5ccc(N(c6ccccc6)c6ccccc6)cc5c5cc(N(c6ccccc6)c6ccccc6)ccc54)cc3C)nc(-c3ccc(C)cc3)n2)cc1. The van der Waals surface area contributed by atoms with Crippen molar-refractivity contribution in [2.75, 3.05) is 9.80 Å². The fraction of sp³-hybridized carbons (Fsp3) is 0.0492. The molecule has 0 aliphatic heterocycles. The van der Waals surface area contributed by atoms with Gasteiger partial charge in [0.2, 0.25) is 0 Å². The quantitative estimate of drug-likeness (QED) is 0.137. The average Bonchev–Trinajstić information content (AvgIpc) is 3.69. The van der Waals surface area contributed by atoms with Gasteiger partial charge in [-0.15, -0.1) is 0 Å². The Morgan fingerprint density at radius 1 is 0.348 bits per heavy atom. The third kappa shape index (κ3) is 7.67. The molecule has 0 bridgehead atoms. The molecule has 0 atom stereocenters. The molecule has 5 nitrogen and oxygen atoms in total. The highest BCUT2D eigenvalue weighted by molar-refractivity contribution is 6.12. The van der Waals surface area contributed by atoms with Crippen molar-refractivity contribution in [3.8, 4) is 39.6 Å². The van der Waals surface area contributed by atoms with Gasteiger partial charge >= 0.3 is 0 Å². The van der Waals surface area contributed by atoms with Gasteiger partial charge in [0, 0.05) is 67.3 Å². The first-order valence-electron chi connectivity index (χ1n) is 22.5. The molecule has 0 amide bonds. The lowest BCUT2D eigenvalue weighted by atomic mass is 10.0. The number of benzene rings is 9. The third-order valence-electron chi connectivity index (χ3n) is 12.4. The summed E-state index contributed by atoms with van der Waals surface area (Å²) in [6.07, 6.45) is 0. The van der Waals surface area contributed by atoms with Crippen LogP contribution in [0.4, 0.5) is 34.1 Å². The number of hydrogen-bond donors (Lipinski definition) is 0. The van der Waals surface area contributed by atoms with Crippen LogP contribution in [-0.2, 0) is 0 Å². The lowest BCUT2D eigenvalue weighted by Gasteiger charge is -2.26. The van der Waals surface area contributed by atoms with Crippen molar-refractivity contribution < 1.29 is 0 Å². The summed E-state index contributed by atoms with van der Waals surface area (Å²) in [5.41, 5.74) is 18.3. The molecule has 0 spiro atoms. The van der Waals surface area contributed by atoms with Crippen molar-refractivity contribution in [2.45, 2.75) is 20.8 Å². The summed E-state index contributed by atoms with van der Waals surface area (Å²) in [5.74, 6) is 0.709. The van der Waals surface area contributed by atoms with E-state index in [1.807, 2.05) is 0 Å². The van der Waals surface area contributed by atoms with E-state index in [-0.39, 0.29) is 0 Å². The summed E-state index contributed by atoms with van der Waals surface area (Å²) in [5, 5.41) is 2.32. The Bertz CT molecular complexity index is 3190. The normalized spacial score (nSPS) is 11.3. The Labute approximate surface area is 386 Å². The van der Waals surface area contributed by atoms with E-state index in [1.165, 1.54) is 11.1 Å². The van der Waals surface area contributed by atoms with Crippen LogP contribution >= 0.6 is 0 Å². The van der Waals surface area contributed by atoms with E-state index < -0.39 is 0 Å². The van der Waals surface area contributed by atoms with Crippen LogP contribution in [0.2, 0.25) is 0 Å². The maximum Gasteiger partial charge on any atom is 0.160 e. The topological polar surface area (TPSA) is 37.2 Å². The van der Waals surface area contributed by atoms with Gasteiger partial charge in [-0.1, -0.05) is 139 Å². The number of anilines is 6. The van der Waals surface area contributed by atoms with Gasteiger partial charge in [0.15, 0.2) is 5.82 Å². The van der Waals surface area contributed by atoms with Gasteiger partial charge in [-0.3, -0.25) is 0 Å². The van der Waals surface area contributed by atoms with E-state index in [0.717, 1.165) is 95.3 Å². The molecule has 9 aromatic carbocycles. The van der Waals surface area contributed by atoms with Crippen LogP contribution in [-0.4, -0.2) is 14.5 Å². The maximum absolute atomic E-state index is 5.22. The Kier molecular flexibility index (Phi) is 10.5. The van der Waals surface area contributed by atoms with Crippen molar-refractivity contribution in [3.63, 3.8) is 0 Å². The van der Waals surface area contributed by atoms with E-state index in [0.29, 0.717) is 5.82 Å². The minimum Gasteiger partial charge on any atom is -0.310 e. The smallest absolute Gasteiger partial charge is 0.160 e. The predicted octanol–water partition coefficient (Wildman–Crippen LogP) is 16.4. The van der Waals surface area contributed by atoms with E-state index in [9.17, 15) is 0 Å². The van der Waals surface area contributed by atoms with Crippen molar-refractivity contribution in [1.82, 2.24) is 14.5 Å². The molecule has 11 rings (SSSR count). The first kappa shape index (κ1) is 40.2. The van der Waals surface area contributed by atoms with Crippen LogP contribution in [0.3, 0.4) is 0 Å². The van der Waals surface area contributed by atoms with Gasteiger partial charge in [-0.25, -0.2) is 9.97 Å². The number of nitrogens with zero attached hydrogens (tertiary/aromatic N) is 5. The van der Waals surface area contributed by atoms with E-state index in [4.69, 9.17) is 9.97 Å². The molecule has 11 aromatic rings. The second-order valence-electron chi connectivity index (χ2n) is 16.9.